The van der Waals surface area contributed by atoms with Gasteiger partial charge in [-0.25, -0.2) is 9.97 Å². The van der Waals surface area contributed by atoms with Crippen molar-refractivity contribution in [3.63, 3.8) is 0 Å². The molecule has 2 amide bonds. The summed E-state index contributed by atoms with van der Waals surface area (Å²) in [5, 5.41) is 5.84. The maximum Gasteiger partial charge on any atom is 0.272 e. The van der Waals surface area contributed by atoms with Crippen LogP contribution in [0.4, 0.5) is 5.69 Å². The van der Waals surface area contributed by atoms with Gasteiger partial charge in [0, 0.05) is 5.69 Å². The molecule has 126 valence electrons. The van der Waals surface area contributed by atoms with Gasteiger partial charge in [-0.1, -0.05) is 41.1 Å². The van der Waals surface area contributed by atoms with Crippen molar-refractivity contribution in [1.82, 2.24) is 15.3 Å². The van der Waals surface area contributed by atoms with E-state index in [1.807, 2.05) is 32.0 Å². The fourth-order valence-electron chi connectivity index (χ4n) is 2.00. The fraction of sp³-hybridized carbons (Fsp3) is 0.250. The highest BCUT2D eigenvalue weighted by molar-refractivity contribution is 7.98. The van der Waals surface area contributed by atoms with E-state index in [0.717, 1.165) is 11.1 Å². The van der Waals surface area contributed by atoms with Crippen LogP contribution in [0.1, 0.15) is 21.6 Å². The highest BCUT2D eigenvalue weighted by atomic mass is 35.5. The highest BCUT2D eigenvalue weighted by Crippen LogP contribution is 2.17. The van der Waals surface area contributed by atoms with Gasteiger partial charge in [-0.05, 0) is 31.7 Å². The Hall–Kier alpha value is -2.12. The molecule has 0 saturated heterocycles. The Morgan fingerprint density at radius 1 is 1.29 bits per heavy atom. The van der Waals surface area contributed by atoms with Gasteiger partial charge in [0.25, 0.3) is 5.91 Å². The quantitative estimate of drug-likeness (QED) is 0.629. The maximum atomic E-state index is 12.1. The van der Waals surface area contributed by atoms with Gasteiger partial charge in [-0.2, -0.15) is 0 Å². The lowest BCUT2D eigenvalue weighted by atomic mass is 10.1. The lowest BCUT2D eigenvalue weighted by Crippen LogP contribution is -2.33. The summed E-state index contributed by atoms with van der Waals surface area (Å²) in [6, 6.07) is 5.71. The largest absolute Gasteiger partial charge is 0.342 e. The van der Waals surface area contributed by atoms with Crippen LogP contribution < -0.4 is 10.6 Å². The summed E-state index contributed by atoms with van der Waals surface area (Å²) in [7, 11) is 0. The first-order valence-electron chi connectivity index (χ1n) is 7.12. The Labute approximate surface area is 149 Å². The molecule has 1 aromatic heterocycles. The number of thioether (sulfide) groups is 1. The SMILES string of the molecule is CSc1ncc(Cl)c(C(=O)NCC(=O)Nc2ccc(C)cc2C)n1. The van der Waals surface area contributed by atoms with Crippen LogP contribution in [0.5, 0.6) is 0 Å². The molecule has 0 aliphatic carbocycles. The van der Waals surface area contributed by atoms with Gasteiger partial charge in [0.15, 0.2) is 10.9 Å². The summed E-state index contributed by atoms with van der Waals surface area (Å²) in [6.07, 6.45) is 3.16. The van der Waals surface area contributed by atoms with Crippen molar-refractivity contribution in [2.24, 2.45) is 0 Å². The predicted molar refractivity (Wildman–Crippen MR) is 95.7 cm³/mol. The van der Waals surface area contributed by atoms with E-state index >= 15 is 0 Å². The second-order valence-electron chi connectivity index (χ2n) is 5.10. The minimum absolute atomic E-state index is 0.0512. The summed E-state index contributed by atoms with van der Waals surface area (Å²) in [6.45, 7) is 3.71. The number of rotatable bonds is 5. The van der Waals surface area contributed by atoms with Crippen LogP contribution in [-0.4, -0.2) is 34.6 Å². The van der Waals surface area contributed by atoms with Crippen LogP contribution in [0.2, 0.25) is 5.02 Å². The molecule has 1 aromatic carbocycles. The molecular weight excluding hydrogens is 348 g/mol. The van der Waals surface area contributed by atoms with Gasteiger partial charge < -0.3 is 10.6 Å². The highest BCUT2D eigenvalue weighted by Gasteiger charge is 2.15. The van der Waals surface area contributed by atoms with Crippen LogP contribution in [0, 0.1) is 13.8 Å². The lowest BCUT2D eigenvalue weighted by molar-refractivity contribution is -0.115. The number of halogens is 1. The van der Waals surface area contributed by atoms with E-state index in [0.29, 0.717) is 10.8 Å². The average molecular weight is 365 g/mol. The van der Waals surface area contributed by atoms with E-state index in [9.17, 15) is 9.59 Å². The number of anilines is 1. The third-order valence-electron chi connectivity index (χ3n) is 3.19. The lowest BCUT2D eigenvalue weighted by Gasteiger charge is -2.10. The molecule has 0 unspecified atom stereocenters. The van der Waals surface area contributed by atoms with Crippen molar-refractivity contribution >= 4 is 40.9 Å². The zero-order valence-electron chi connectivity index (χ0n) is 13.5. The molecular formula is C16H17ClN4O2S. The first kappa shape index (κ1) is 18.2. The number of benzene rings is 1. The van der Waals surface area contributed by atoms with Crippen LogP contribution in [0.3, 0.4) is 0 Å². The van der Waals surface area contributed by atoms with E-state index in [1.165, 1.54) is 18.0 Å². The number of aryl methyl sites for hydroxylation is 2. The van der Waals surface area contributed by atoms with Gasteiger partial charge in [-0.3, -0.25) is 9.59 Å². The number of hydrogen-bond acceptors (Lipinski definition) is 5. The molecule has 0 radical (unpaired) electrons. The van der Waals surface area contributed by atoms with Crippen LogP contribution in [-0.2, 0) is 4.79 Å². The van der Waals surface area contributed by atoms with Crippen molar-refractivity contribution in [3.05, 3.63) is 46.2 Å². The molecule has 0 saturated carbocycles. The third-order valence-corrected chi connectivity index (χ3v) is 4.02. The number of amides is 2. The molecule has 6 nitrogen and oxygen atoms in total. The van der Waals surface area contributed by atoms with E-state index in [-0.39, 0.29) is 23.2 Å². The molecule has 0 aliphatic rings. The number of aromatic nitrogens is 2. The molecule has 0 fully saturated rings. The molecule has 2 N–H and O–H groups in total. The predicted octanol–water partition coefficient (Wildman–Crippen LogP) is 2.84. The van der Waals surface area contributed by atoms with Gasteiger partial charge in [0.1, 0.15) is 0 Å². The zero-order valence-corrected chi connectivity index (χ0v) is 15.1. The molecule has 24 heavy (non-hydrogen) atoms. The molecule has 0 spiro atoms. The number of carbonyl (C=O) groups is 2. The van der Waals surface area contributed by atoms with Crippen LogP contribution >= 0.6 is 23.4 Å². The van der Waals surface area contributed by atoms with Gasteiger partial charge in [0.2, 0.25) is 5.91 Å². The minimum Gasteiger partial charge on any atom is -0.342 e. The maximum absolute atomic E-state index is 12.1. The number of nitrogens with zero attached hydrogens (tertiary/aromatic N) is 2. The van der Waals surface area contributed by atoms with Crippen molar-refractivity contribution in [3.8, 4) is 0 Å². The summed E-state index contributed by atoms with van der Waals surface area (Å²) in [5.74, 6) is -0.848. The van der Waals surface area contributed by atoms with Gasteiger partial charge in [-0.15, -0.1) is 0 Å². The second kappa shape index (κ2) is 8.12. The molecule has 0 atom stereocenters. The van der Waals surface area contributed by atoms with E-state index in [4.69, 9.17) is 11.6 Å². The van der Waals surface area contributed by atoms with Crippen molar-refractivity contribution in [2.45, 2.75) is 19.0 Å². The van der Waals surface area contributed by atoms with Crippen molar-refractivity contribution < 1.29 is 9.59 Å². The molecule has 0 bridgehead atoms. The number of carbonyl (C=O) groups excluding carboxylic acids is 2. The third kappa shape index (κ3) is 4.69. The topological polar surface area (TPSA) is 84.0 Å². The van der Waals surface area contributed by atoms with E-state index < -0.39 is 5.91 Å². The number of nitrogens with one attached hydrogen (secondary N) is 2. The number of hydrogen-bond donors (Lipinski definition) is 2. The first-order valence-corrected chi connectivity index (χ1v) is 8.73. The van der Waals surface area contributed by atoms with E-state index in [2.05, 4.69) is 20.6 Å². The monoisotopic (exact) mass is 364 g/mol. The summed E-state index contributed by atoms with van der Waals surface area (Å²) >= 11 is 7.23. The van der Waals surface area contributed by atoms with Crippen molar-refractivity contribution in [2.75, 3.05) is 18.1 Å². The Morgan fingerprint density at radius 2 is 2.04 bits per heavy atom. The Bertz CT molecular complexity index is 783. The van der Waals surface area contributed by atoms with Crippen LogP contribution in [0.25, 0.3) is 0 Å². The van der Waals surface area contributed by atoms with E-state index in [1.54, 1.807) is 6.26 Å². The normalized spacial score (nSPS) is 10.3. The molecule has 2 aromatic rings. The van der Waals surface area contributed by atoms with Crippen molar-refractivity contribution in [1.29, 1.82) is 0 Å². The molecule has 1 heterocycles. The molecule has 8 heteroatoms. The van der Waals surface area contributed by atoms with Gasteiger partial charge in [0.05, 0.1) is 17.8 Å². The standard InChI is InChI=1S/C16H17ClN4O2S/c1-9-4-5-12(10(2)6-9)20-13(22)8-18-15(23)14-11(17)7-19-16(21-14)24-3/h4-7H,8H2,1-3H3,(H,18,23)(H,20,22). The fourth-order valence-corrected chi connectivity index (χ4v) is 2.52. The minimum atomic E-state index is -0.520. The van der Waals surface area contributed by atoms with Gasteiger partial charge >= 0.3 is 0 Å². The Morgan fingerprint density at radius 3 is 2.71 bits per heavy atom. The first-order chi connectivity index (χ1) is 11.4. The molecule has 0 aliphatic heterocycles. The second-order valence-corrected chi connectivity index (χ2v) is 6.28. The van der Waals surface area contributed by atoms with Crippen LogP contribution in [0.15, 0.2) is 29.6 Å². The Balaban J connectivity index is 1.97. The Kier molecular flexibility index (Phi) is 6.16. The smallest absolute Gasteiger partial charge is 0.272 e. The summed E-state index contributed by atoms with van der Waals surface area (Å²) in [5.41, 5.74) is 2.83. The average Bonchev–Trinajstić information content (AvgIpc) is 2.55. The summed E-state index contributed by atoms with van der Waals surface area (Å²) in [4.78, 5) is 32.1. The molecule has 2 rings (SSSR count). The summed E-state index contributed by atoms with van der Waals surface area (Å²) < 4.78 is 0. The zero-order chi connectivity index (χ0) is 17.7.